The lowest BCUT2D eigenvalue weighted by atomic mass is 10.0. The van der Waals surface area contributed by atoms with Gasteiger partial charge in [-0.15, -0.1) is 0 Å². The number of nitrogens with zero attached hydrogens (tertiary/aromatic N) is 1. The number of aromatic hydroxyl groups is 1. The van der Waals surface area contributed by atoms with Gasteiger partial charge in [0.05, 0.1) is 11.8 Å². The number of carbonyl (C=O) groups excluding carboxylic acids is 1. The molecule has 0 aliphatic carbocycles. The summed E-state index contributed by atoms with van der Waals surface area (Å²) in [6.45, 7) is 4.34. The van der Waals surface area contributed by atoms with Gasteiger partial charge in [-0.25, -0.2) is 0 Å². The number of carbonyl (C=O) groups is 1. The maximum absolute atomic E-state index is 11.8. The first-order valence-corrected chi connectivity index (χ1v) is 5.20. The van der Waals surface area contributed by atoms with Gasteiger partial charge in [-0.2, -0.15) is 0 Å². The molecule has 1 rings (SSSR count). The van der Waals surface area contributed by atoms with Crippen LogP contribution in [0.1, 0.15) is 24.2 Å². The van der Waals surface area contributed by atoms with Crippen LogP contribution in [0.2, 0.25) is 0 Å². The van der Waals surface area contributed by atoms with Gasteiger partial charge in [0.1, 0.15) is 5.75 Å². The summed E-state index contributed by atoms with van der Waals surface area (Å²) in [6, 6.07) is 1.44. The molecule has 2 unspecified atom stereocenters. The Morgan fingerprint density at radius 2 is 2.31 bits per heavy atom. The van der Waals surface area contributed by atoms with Crippen LogP contribution in [0.5, 0.6) is 5.75 Å². The van der Waals surface area contributed by atoms with E-state index in [0.717, 1.165) is 0 Å². The minimum Gasteiger partial charge on any atom is -0.505 e. The van der Waals surface area contributed by atoms with Crippen LogP contribution < -0.4 is 11.1 Å². The van der Waals surface area contributed by atoms with Gasteiger partial charge in [-0.3, -0.25) is 9.78 Å². The highest BCUT2D eigenvalue weighted by atomic mass is 16.3. The normalized spacial score (nSPS) is 14.2. The number of pyridine rings is 1. The van der Waals surface area contributed by atoms with E-state index in [1.807, 2.05) is 13.8 Å². The largest absolute Gasteiger partial charge is 0.505 e. The molecule has 1 aromatic rings. The zero-order chi connectivity index (χ0) is 12.1. The molecule has 88 valence electrons. The number of nitrogens with one attached hydrogen (secondary N) is 1. The second kappa shape index (κ2) is 5.46. The average molecular weight is 223 g/mol. The molecule has 0 saturated heterocycles. The van der Waals surface area contributed by atoms with Crippen molar-refractivity contribution < 1.29 is 9.90 Å². The summed E-state index contributed by atoms with van der Waals surface area (Å²) < 4.78 is 0. The van der Waals surface area contributed by atoms with Crippen LogP contribution in [0.3, 0.4) is 0 Å². The Bertz CT molecular complexity index is 368. The molecule has 1 heterocycles. The number of rotatable bonds is 4. The van der Waals surface area contributed by atoms with E-state index in [2.05, 4.69) is 10.3 Å². The molecule has 0 aliphatic heterocycles. The highest BCUT2D eigenvalue weighted by Crippen LogP contribution is 2.14. The molecule has 1 aromatic heterocycles. The van der Waals surface area contributed by atoms with E-state index in [1.165, 1.54) is 18.5 Å². The van der Waals surface area contributed by atoms with Gasteiger partial charge in [0.25, 0.3) is 5.91 Å². The molecule has 5 heteroatoms. The van der Waals surface area contributed by atoms with Crippen molar-refractivity contribution in [3.05, 3.63) is 24.0 Å². The lowest BCUT2D eigenvalue weighted by Gasteiger charge is -2.19. The summed E-state index contributed by atoms with van der Waals surface area (Å²) in [6.07, 6.45) is 2.71. The molecule has 0 bridgehead atoms. The van der Waals surface area contributed by atoms with Crippen molar-refractivity contribution in [3.8, 4) is 5.75 Å². The van der Waals surface area contributed by atoms with Crippen molar-refractivity contribution in [2.75, 3.05) is 6.54 Å². The van der Waals surface area contributed by atoms with Crippen LogP contribution in [0.4, 0.5) is 0 Å². The van der Waals surface area contributed by atoms with E-state index in [-0.39, 0.29) is 29.2 Å². The summed E-state index contributed by atoms with van der Waals surface area (Å²) in [4.78, 5) is 15.5. The van der Waals surface area contributed by atoms with Crippen molar-refractivity contribution >= 4 is 5.91 Å². The van der Waals surface area contributed by atoms with E-state index in [0.29, 0.717) is 6.54 Å². The smallest absolute Gasteiger partial charge is 0.255 e. The van der Waals surface area contributed by atoms with Crippen LogP contribution in [0.25, 0.3) is 0 Å². The monoisotopic (exact) mass is 223 g/mol. The highest BCUT2D eigenvalue weighted by Gasteiger charge is 2.16. The molecule has 1 amide bonds. The minimum absolute atomic E-state index is 0.0370. The van der Waals surface area contributed by atoms with E-state index in [9.17, 15) is 9.90 Å². The van der Waals surface area contributed by atoms with Crippen LogP contribution in [0.15, 0.2) is 18.5 Å². The predicted molar refractivity (Wildman–Crippen MR) is 61.0 cm³/mol. The zero-order valence-corrected chi connectivity index (χ0v) is 9.47. The van der Waals surface area contributed by atoms with Gasteiger partial charge >= 0.3 is 0 Å². The number of amides is 1. The summed E-state index contributed by atoms with van der Waals surface area (Å²) in [5.41, 5.74) is 5.73. The average Bonchev–Trinajstić information content (AvgIpc) is 2.28. The van der Waals surface area contributed by atoms with Gasteiger partial charge in [0, 0.05) is 12.2 Å². The van der Waals surface area contributed by atoms with E-state index < -0.39 is 0 Å². The Morgan fingerprint density at radius 1 is 1.62 bits per heavy atom. The van der Waals surface area contributed by atoms with Crippen molar-refractivity contribution in [3.63, 3.8) is 0 Å². The number of hydrogen-bond donors (Lipinski definition) is 3. The van der Waals surface area contributed by atoms with Gasteiger partial charge in [-0.1, -0.05) is 6.92 Å². The Kier molecular flexibility index (Phi) is 4.25. The third-order valence-electron chi connectivity index (χ3n) is 2.63. The lowest BCUT2D eigenvalue weighted by molar-refractivity contribution is 0.0926. The van der Waals surface area contributed by atoms with Crippen molar-refractivity contribution in [2.45, 2.75) is 19.9 Å². The fraction of sp³-hybridized carbons (Fsp3) is 0.455. The number of hydrogen-bond acceptors (Lipinski definition) is 4. The molecule has 2 atom stereocenters. The Hall–Kier alpha value is -1.62. The van der Waals surface area contributed by atoms with Gasteiger partial charge in [-0.05, 0) is 25.5 Å². The SMILES string of the molecule is CC(CN)C(C)NC(=O)c1ccncc1O. The molecule has 0 saturated carbocycles. The third-order valence-corrected chi connectivity index (χ3v) is 2.63. The van der Waals surface area contributed by atoms with E-state index in [1.54, 1.807) is 0 Å². The van der Waals surface area contributed by atoms with Gasteiger partial charge in [0.2, 0.25) is 0 Å². The summed E-state index contributed by atoms with van der Waals surface area (Å²) in [7, 11) is 0. The maximum atomic E-state index is 11.8. The first-order chi connectivity index (χ1) is 7.56. The molecule has 4 N–H and O–H groups in total. The molecule has 0 aromatic carbocycles. The topological polar surface area (TPSA) is 88.2 Å². The Morgan fingerprint density at radius 3 is 2.88 bits per heavy atom. The van der Waals surface area contributed by atoms with Crippen LogP contribution in [-0.4, -0.2) is 28.6 Å². The standard InChI is InChI=1S/C11H17N3O2/c1-7(5-12)8(2)14-11(16)9-3-4-13-6-10(9)15/h3-4,6-8,15H,5,12H2,1-2H3,(H,14,16). The molecule has 0 radical (unpaired) electrons. The van der Waals surface area contributed by atoms with E-state index >= 15 is 0 Å². The quantitative estimate of drug-likeness (QED) is 0.693. The minimum atomic E-state index is -0.312. The molecule has 0 fully saturated rings. The second-order valence-electron chi connectivity index (χ2n) is 3.87. The summed E-state index contributed by atoms with van der Waals surface area (Å²) in [5, 5.41) is 12.2. The predicted octanol–water partition coefficient (Wildman–Crippen LogP) is 0.500. The number of nitrogens with two attached hydrogens (primary N) is 1. The van der Waals surface area contributed by atoms with E-state index in [4.69, 9.17) is 5.73 Å². The molecule has 16 heavy (non-hydrogen) atoms. The van der Waals surface area contributed by atoms with Crippen LogP contribution >= 0.6 is 0 Å². The van der Waals surface area contributed by atoms with Gasteiger partial charge < -0.3 is 16.2 Å². The zero-order valence-electron chi connectivity index (χ0n) is 9.47. The fourth-order valence-electron chi connectivity index (χ4n) is 1.21. The first-order valence-electron chi connectivity index (χ1n) is 5.20. The molecule has 5 nitrogen and oxygen atoms in total. The van der Waals surface area contributed by atoms with Crippen molar-refractivity contribution in [2.24, 2.45) is 11.7 Å². The Labute approximate surface area is 94.7 Å². The van der Waals surface area contributed by atoms with Crippen molar-refractivity contribution in [1.29, 1.82) is 0 Å². The Balaban J connectivity index is 2.70. The number of aromatic nitrogens is 1. The lowest BCUT2D eigenvalue weighted by Crippen LogP contribution is -2.39. The molecule has 0 aliphatic rings. The second-order valence-corrected chi connectivity index (χ2v) is 3.87. The van der Waals surface area contributed by atoms with Crippen molar-refractivity contribution in [1.82, 2.24) is 10.3 Å². The molecular formula is C11H17N3O2. The maximum Gasteiger partial charge on any atom is 0.255 e. The van der Waals surface area contributed by atoms with Crippen LogP contribution in [-0.2, 0) is 0 Å². The van der Waals surface area contributed by atoms with Gasteiger partial charge in [0.15, 0.2) is 0 Å². The molecule has 0 spiro atoms. The summed E-state index contributed by atoms with van der Waals surface area (Å²) >= 11 is 0. The fourth-order valence-corrected chi connectivity index (χ4v) is 1.21. The van der Waals surface area contributed by atoms with Crippen LogP contribution in [0, 0.1) is 5.92 Å². The third kappa shape index (κ3) is 2.93. The first kappa shape index (κ1) is 12.4. The summed E-state index contributed by atoms with van der Waals surface area (Å²) in [5.74, 6) is -0.242. The highest BCUT2D eigenvalue weighted by molar-refractivity contribution is 5.96. The molecular weight excluding hydrogens is 206 g/mol.